The van der Waals surface area contributed by atoms with Gasteiger partial charge in [0.1, 0.15) is 0 Å². The van der Waals surface area contributed by atoms with Crippen LogP contribution in [0.1, 0.15) is 11.7 Å². The van der Waals surface area contributed by atoms with Crippen LogP contribution in [-0.4, -0.2) is 28.7 Å². The second-order valence-electron chi connectivity index (χ2n) is 3.73. The molecule has 0 saturated heterocycles. The van der Waals surface area contributed by atoms with E-state index < -0.39 is 6.10 Å². The van der Waals surface area contributed by atoms with E-state index in [9.17, 15) is 5.11 Å². The van der Waals surface area contributed by atoms with Gasteiger partial charge in [0.15, 0.2) is 0 Å². The molecule has 1 unspecified atom stereocenters. The van der Waals surface area contributed by atoms with Crippen LogP contribution in [0.25, 0.3) is 0 Å². The third kappa shape index (κ3) is 3.18. The molecule has 0 aliphatic heterocycles. The van der Waals surface area contributed by atoms with E-state index in [1.807, 2.05) is 30.3 Å². The Morgan fingerprint density at radius 2 is 2.06 bits per heavy atom. The second-order valence-corrected chi connectivity index (χ2v) is 3.73. The number of methoxy groups -OCH3 is 1. The molecule has 0 fully saturated rings. The second kappa shape index (κ2) is 5.97. The fourth-order valence-electron chi connectivity index (χ4n) is 1.52. The summed E-state index contributed by atoms with van der Waals surface area (Å²) < 4.78 is 4.99. The van der Waals surface area contributed by atoms with Crippen LogP contribution < -0.4 is 10.1 Å². The summed E-state index contributed by atoms with van der Waals surface area (Å²) in [5.74, 6) is 0.922. The van der Waals surface area contributed by atoms with Crippen molar-refractivity contribution in [1.29, 1.82) is 0 Å². The van der Waals surface area contributed by atoms with E-state index in [4.69, 9.17) is 4.74 Å². The quantitative estimate of drug-likeness (QED) is 0.838. The number of rotatable bonds is 5. The number of aliphatic hydroxyl groups excluding tert-OH is 1. The molecule has 5 heteroatoms. The van der Waals surface area contributed by atoms with Gasteiger partial charge >= 0.3 is 0 Å². The van der Waals surface area contributed by atoms with Crippen molar-refractivity contribution in [1.82, 2.24) is 9.97 Å². The number of nitrogens with zero attached hydrogens (tertiary/aromatic N) is 2. The van der Waals surface area contributed by atoms with Gasteiger partial charge in [-0.3, -0.25) is 0 Å². The summed E-state index contributed by atoms with van der Waals surface area (Å²) in [6, 6.07) is 11.1. The number of hydrogen-bond acceptors (Lipinski definition) is 5. The van der Waals surface area contributed by atoms with Gasteiger partial charge in [0, 0.05) is 18.8 Å². The van der Waals surface area contributed by atoms with Gasteiger partial charge in [0.25, 0.3) is 0 Å². The van der Waals surface area contributed by atoms with E-state index in [0.717, 1.165) is 5.56 Å². The maximum Gasteiger partial charge on any atom is 0.226 e. The molecule has 0 bridgehead atoms. The van der Waals surface area contributed by atoms with Crippen LogP contribution in [0.2, 0.25) is 0 Å². The molecule has 2 rings (SSSR count). The van der Waals surface area contributed by atoms with Crippen LogP contribution in [0.5, 0.6) is 5.88 Å². The highest BCUT2D eigenvalue weighted by Gasteiger charge is 2.07. The van der Waals surface area contributed by atoms with Gasteiger partial charge in [0.05, 0.1) is 13.2 Å². The Balaban J connectivity index is 1.95. The van der Waals surface area contributed by atoms with E-state index in [-0.39, 0.29) is 0 Å². The molecule has 18 heavy (non-hydrogen) atoms. The van der Waals surface area contributed by atoms with Gasteiger partial charge in [-0.2, -0.15) is 4.98 Å². The topological polar surface area (TPSA) is 67.3 Å². The van der Waals surface area contributed by atoms with Crippen molar-refractivity contribution in [3.8, 4) is 5.88 Å². The van der Waals surface area contributed by atoms with E-state index >= 15 is 0 Å². The lowest BCUT2D eigenvalue weighted by atomic mass is 10.1. The van der Waals surface area contributed by atoms with Crippen molar-refractivity contribution in [2.45, 2.75) is 6.10 Å². The lowest BCUT2D eigenvalue weighted by Crippen LogP contribution is -2.13. The first-order valence-corrected chi connectivity index (χ1v) is 5.63. The summed E-state index contributed by atoms with van der Waals surface area (Å²) in [6.45, 7) is 0.344. The van der Waals surface area contributed by atoms with E-state index in [1.165, 1.54) is 0 Å². The average molecular weight is 245 g/mol. The number of nitrogens with one attached hydrogen (secondary N) is 1. The summed E-state index contributed by atoms with van der Waals surface area (Å²) in [5.41, 5.74) is 0.855. The molecular weight excluding hydrogens is 230 g/mol. The number of hydrogen-bond donors (Lipinski definition) is 2. The third-order valence-corrected chi connectivity index (χ3v) is 2.48. The number of aromatic nitrogens is 2. The molecule has 0 spiro atoms. The zero-order valence-corrected chi connectivity index (χ0v) is 10.1. The molecule has 2 aromatic rings. The Kier molecular flexibility index (Phi) is 4.09. The van der Waals surface area contributed by atoms with Crippen LogP contribution >= 0.6 is 0 Å². The van der Waals surface area contributed by atoms with Gasteiger partial charge in [0.2, 0.25) is 11.8 Å². The Labute approximate surface area is 105 Å². The summed E-state index contributed by atoms with van der Waals surface area (Å²) >= 11 is 0. The Morgan fingerprint density at radius 3 is 2.78 bits per heavy atom. The fourth-order valence-corrected chi connectivity index (χ4v) is 1.52. The highest BCUT2D eigenvalue weighted by molar-refractivity contribution is 5.28. The van der Waals surface area contributed by atoms with Crippen LogP contribution in [0.3, 0.4) is 0 Å². The Morgan fingerprint density at radius 1 is 1.28 bits per heavy atom. The first-order valence-electron chi connectivity index (χ1n) is 5.63. The van der Waals surface area contributed by atoms with Gasteiger partial charge in [-0.25, -0.2) is 4.98 Å². The monoisotopic (exact) mass is 245 g/mol. The van der Waals surface area contributed by atoms with Crippen molar-refractivity contribution in [2.24, 2.45) is 0 Å². The first-order chi connectivity index (χ1) is 8.79. The van der Waals surface area contributed by atoms with Crippen molar-refractivity contribution in [3.63, 3.8) is 0 Å². The van der Waals surface area contributed by atoms with E-state index in [2.05, 4.69) is 15.3 Å². The molecule has 94 valence electrons. The zero-order valence-electron chi connectivity index (χ0n) is 10.1. The van der Waals surface area contributed by atoms with Gasteiger partial charge in [-0.1, -0.05) is 30.3 Å². The summed E-state index contributed by atoms with van der Waals surface area (Å²) in [5, 5.41) is 12.9. The smallest absolute Gasteiger partial charge is 0.226 e. The highest BCUT2D eigenvalue weighted by atomic mass is 16.5. The third-order valence-electron chi connectivity index (χ3n) is 2.48. The average Bonchev–Trinajstić information content (AvgIpc) is 2.46. The fraction of sp³-hybridized carbons (Fsp3) is 0.231. The van der Waals surface area contributed by atoms with Crippen molar-refractivity contribution in [2.75, 3.05) is 19.0 Å². The predicted octanol–water partition coefficient (Wildman–Crippen LogP) is 1.63. The molecule has 0 radical (unpaired) electrons. The van der Waals surface area contributed by atoms with Crippen molar-refractivity contribution >= 4 is 5.95 Å². The summed E-state index contributed by atoms with van der Waals surface area (Å²) in [6.07, 6.45) is 1.00. The summed E-state index contributed by atoms with van der Waals surface area (Å²) in [7, 11) is 1.55. The molecule has 0 aliphatic rings. The molecule has 1 atom stereocenters. The molecular formula is C13H15N3O2. The van der Waals surface area contributed by atoms with Gasteiger partial charge in [-0.05, 0) is 5.56 Å². The van der Waals surface area contributed by atoms with Crippen molar-refractivity contribution < 1.29 is 9.84 Å². The minimum Gasteiger partial charge on any atom is -0.481 e. The normalized spacial score (nSPS) is 11.9. The first kappa shape index (κ1) is 12.3. The van der Waals surface area contributed by atoms with Gasteiger partial charge < -0.3 is 15.2 Å². The van der Waals surface area contributed by atoms with E-state index in [1.54, 1.807) is 19.4 Å². The maximum absolute atomic E-state index is 9.96. The molecule has 0 amide bonds. The zero-order chi connectivity index (χ0) is 12.8. The largest absolute Gasteiger partial charge is 0.481 e. The van der Waals surface area contributed by atoms with Crippen LogP contribution in [0.15, 0.2) is 42.6 Å². The summed E-state index contributed by atoms with van der Waals surface area (Å²) in [4.78, 5) is 8.14. The molecule has 5 nitrogen and oxygen atoms in total. The highest BCUT2D eigenvalue weighted by Crippen LogP contribution is 2.13. The van der Waals surface area contributed by atoms with Crippen LogP contribution in [0.4, 0.5) is 5.95 Å². The molecule has 0 saturated carbocycles. The number of benzene rings is 1. The Hall–Kier alpha value is -2.14. The lowest BCUT2D eigenvalue weighted by Gasteiger charge is -2.12. The Bertz CT molecular complexity index is 491. The minimum absolute atomic E-state index is 0.344. The minimum atomic E-state index is -0.596. The van der Waals surface area contributed by atoms with E-state index in [0.29, 0.717) is 18.4 Å². The molecule has 2 N–H and O–H groups in total. The number of ether oxygens (including phenoxy) is 1. The van der Waals surface area contributed by atoms with Crippen LogP contribution in [0, 0.1) is 0 Å². The number of aliphatic hydroxyl groups is 1. The molecule has 1 aromatic heterocycles. The molecule has 1 heterocycles. The van der Waals surface area contributed by atoms with Crippen molar-refractivity contribution in [3.05, 3.63) is 48.2 Å². The predicted molar refractivity (Wildman–Crippen MR) is 68.5 cm³/mol. The number of anilines is 1. The van der Waals surface area contributed by atoms with Gasteiger partial charge in [-0.15, -0.1) is 0 Å². The SMILES string of the molecule is COc1ccnc(NCC(O)c2ccccc2)n1. The van der Waals surface area contributed by atoms with Crippen LogP contribution in [-0.2, 0) is 0 Å². The molecule has 0 aliphatic carbocycles. The molecule has 1 aromatic carbocycles. The lowest BCUT2D eigenvalue weighted by molar-refractivity contribution is 0.191. The maximum atomic E-state index is 9.96. The standard InChI is InChI=1S/C13H15N3O2/c1-18-12-7-8-14-13(16-12)15-9-11(17)10-5-3-2-4-6-10/h2-8,11,17H,9H2,1H3,(H,14,15,16).